The van der Waals surface area contributed by atoms with E-state index >= 15 is 0 Å². The Kier molecular flexibility index (Phi) is 11.2. The first-order valence-corrected chi connectivity index (χ1v) is 10.0. The van der Waals surface area contributed by atoms with Gasteiger partial charge in [-0.3, -0.25) is 0 Å². The standard InChI is InChI=1S/C20H18N4O5S.2Na/c1-13-11-19(24-22-14-3-7-16(25)8-4-14)20(29-2)12-18(13)23-21-15-5-9-17(10-6-15)30(26,27)28;;/h3-12,25H,1-2H3,(H,26,27,28);;/q;2*+1/p-2. The molecule has 0 spiro atoms. The second-order valence-electron chi connectivity index (χ2n) is 6.15. The first-order chi connectivity index (χ1) is 14.3. The van der Waals surface area contributed by atoms with Gasteiger partial charge in [-0.2, -0.15) is 15.3 Å². The number of nitrogens with zero attached hydrogens (tertiary/aromatic N) is 4. The number of azo groups is 2. The van der Waals surface area contributed by atoms with Crippen LogP contribution in [-0.2, 0) is 10.1 Å². The summed E-state index contributed by atoms with van der Waals surface area (Å²) in [5.41, 5.74) is 2.65. The van der Waals surface area contributed by atoms with Crippen LogP contribution in [0.2, 0.25) is 0 Å². The zero-order chi connectivity index (χ0) is 21.7. The van der Waals surface area contributed by atoms with Gasteiger partial charge in [0.15, 0.2) is 0 Å². The molecule has 0 fully saturated rings. The molecule has 3 aromatic rings. The fraction of sp³-hybridized carbons (Fsp3) is 0.100. The van der Waals surface area contributed by atoms with Crippen LogP contribution < -0.4 is 69.0 Å². The normalized spacial score (nSPS) is 11.2. The molecule has 0 saturated heterocycles. The van der Waals surface area contributed by atoms with Gasteiger partial charge >= 0.3 is 59.1 Å². The molecule has 0 bridgehead atoms. The zero-order valence-electron chi connectivity index (χ0n) is 18.0. The maximum atomic E-state index is 11.2. The minimum atomic E-state index is -4.51. The van der Waals surface area contributed by atoms with Gasteiger partial charge in [-0.05, 0) is 55.0 Å². The zero-order valence-corrected chi connectivity index (χ0v) is 22.8. The second kappa shape index (κ2) is 12.6. The SMILES string of the molecule is COc1cc(N=Nc2ccc(S(=O)(=O)[O-])cc2)c(C)cc1N=Nc1ccc([O-])cc1.[Na+].[Na+]. The summed E-state index contributed by atoms with van der Waals surface area (Å²) in [5, 5.41) is 27.6. The van der Waals surface area contributed by atoms with Crippen LogP contribution in [0.15, 0.2) is 86.0 Å². The number of ether oxygens (including phenoxy) is 1. The fourth-order valence-electron chi connectivity index (χ4n) is 2.43. The van der Waals surface area contributed by atoms with E-state index in [1.807, 2.05) is 6.92 Å². The van der Waals surface area contributed by atoms with E-state index in [0.29, 0.717) is 28.5 Å². The van der Waals surface area contributed by atoms with Crippen molar-refractivity contribution < 1.29 is 81.9 Å². The van der Waals surface area contributed by atoms with Gasteiger partial charge in [-0.25, -0.2) is 8.42 Å². The average molecular weight is 470 g/mol. The molecule has 154 valence electrons. The van der Waals surface area contributed by atoms with Crippen LogP contribution in [-0.4, -0.2) is 20.1 Å². The Balaban J connectivity index is 0.00000256. The van der Waals surface area contributed by atoms with Crippen LogP contribution in [0.5, 0.6) is 11.5 Å². The van der Waals surface area contributed by atoms with E-state index in [1.54, 1.807) is 24.3 Å². The van der Waals surface area contributed by atoms with Gasteiger partial charge in [0, 0.05) is 6.07 Å². The van der Waals surface area contributed by atoms with Crippen molar-refractivity contribution in [2.75, 3.05) is 7.11 Å². The summed E-state index contributed by atoms with van der Waals surface area (Å²) in [6.45, 7) is 1.81. The van der Waals surface area contributed by atoms with Crippen LogP contribution in [0.4, 0.5) is 22.7 Å². The third-order valence-electron chi connectivity index (χ3n) is 4.01. The van der Waals surface area contributed by atoms with Crippen molar-refractivity contribution in [2.24, 2.45) is 20.5 Å². The summed E-state index contributed by atoms with van der Waals surface area (Å²) in [6, 6.07) is 14.4. The van der Waals surface area contributed by atoms with Crippen molar-refractivity contribution in [3.8, 4) is 11.5 Å². The summed E-state index contributed by atoms with van der Waals surface area (Å²) in [6.07, 6.45) is 0. The molecule has 0 heterocycles. The Bertz CT molecular complexity index is 1220. The molecule has 3 rings (SSSR count). The van der Waals surface area contributed by atoms with Crippen LogP contribution in [0.1, 0.15) is 5.56 Å². The smallest absolute Gasteiger partial charge is 0.872 e. The maximum absolute atomic E-state index is 11.2. The molecule has 0 radical (unpaired) electrons. The number of rotatable bonds is 6. The Morgan fingerprint density at radius 2 is 1.28 bits per heavy atom. The summed E-state index contributed by atoms with van der Waals surface area (Å²) < 4.78 is 38.3. The fourth-order valence-corrected chi connectivity index (χ4v) is 2.90. The molecule has 0 N–H and O–H groups in total. The first-order valence-electron chi connectivity index (χ1n) is 8.61. The van der Waals surface area contributed by atoms with Gasteiger partial charge in [0.2, 0.25) is 0 Å². The van der Waals surface area contributed by atoms with Crippen molar-refractivity contribution in [1.82, 2.24) is 0 Å². The van der Waals surface area contributed by atoms with E-state index in [0.717, 1.165) is 5.56 Å². The van der Waals surface area contributed by atoms with Gasteiger partial charge in [-0.15, -0.1) is 10.9 Å². The van der Waals surface area contributed by atoms with Gasteiger partial charge in [0.25, 0.3) is 0 Å². The van der Waals surface area contributed by atoms with E-state index in [2.05, 4.69) is 20.5 Å². The molecule has 0 atom stereocenters. The Morgan fingerprint density at radius 1 is 0.781 bits per heavy atom. The van der Waals surface area contributed by atoms with Crippen molar-refractivity contribution in [3.63, 3.8) is 0 Å². The van der Waals surface area contributed by atoms with Crippen LogP contribution >= 0.6 is 0 Å². The molecule has 9 nitrogen and oxygen atoms in total. The summed E-state index contributed by atoms with van der Waals surface area (Å²) in [7, 11) is -3.02. The van der Waals surface area contributed by atoms with Gasteiger partial charge in [0.05, 0.1) is 29.1 Å². The predicted octanol–water partition coefficient (Wildman–Crippen LogP) is -1.18. The van der Waals surface area contributed by atoms with E-state index in [4.69, 9.17) is 4.74 Å². The number of hydrogen-bond donors (Lipinski definition) is 0. The number of methoxy groups -OCH3 is 1. The van der Waals surface area contributed by atoms with Crippen molar-refractivity contribution >= 4 is 32.9 Å². The molecule has 0 aliphatic rings. The molecular weight excluding hydrogens is 454 g/mol. The maximum Gasteiger partial charge on any atom is 1.00 e. The Morgan fingerprint density at radius 3 is 1.78 bits per heavy atom. The average Bonchev–Trinajstić information content (AvgIpc) is 2.72. The second-order valence-corrected chi connectivity index (χ2v) is 7.53. The minimum Gasteiger partial charge on any atom is -0.872 e. The van der Waals surface area contributed by atoms with E-state index in [9.17, 15) is 18.1 Å². The van der Waals surface area contributed by atoms with E-state index < -0.39 is 10.1 Å². The molecular formula is C20H16N4Na2O5S. The van der Waals surface area contributed by atoms with Crippen molar-refractivity contribution in [1.29, 1.82) is 0 Å². The summed E-state index contributed by atoms with van der Waals surface area (Å²) in [5.74, 6) is 0.313. The molecule has 0 amide bonds. The largest absolute Gasteiger partial charge is 1.00 e. The molecule has 3 aromatic carbocycles. The molecule has 0 saturated carbocycles. The number of aryl methyl sites for hydroxylation is 1. The quantitative estimate of drug-likeness (QED) is 0.254. The van der Waals surface area contributed by atoms with E-state index in [1.165, 1.54) is 43.5 Å². The van der Waals surface area contributed by atoms with Crippen LogP contribution in [0.3, 0.4) is 0 Å². The first kappa shape index (κ1) is 28.4. The summed E-state index contributed by atoms with van der Waals surface area (Å²) >= 11 is 0. The molecule has 0 aromatic heterocycles. The minimum absolute atomic E-state index is 0. The number of benzene rings is 3. The van der Waals surface area contributed by atoms with Gasteiger partial charge < -0.3 is 14.4 Å². The molecule has 0 aliphatic carbocycles. The topological polar surface area (TPSA) is 139 Å². The Labute approximate surface area is 230 Å². The Hall–Kier alpha value is -1.63. The third-order valence-corrected chi connectivity index (χ3v) is 4.86. The predicted molar refractivity (Wildman–Crippen MR) is 106 cm³/mol. The van der Waals surface area contributed by atoms with Gasteiger partial charge in [0.1, 0.15) is 21.6 Å². The van der Waals surface area contributed by atoms with Crippen molar-refractivity contribution in [3.05, 3.63) is 66.2 Å². The molecule has 32 heavy (non-hydrogen) atoms. The molecule has 0 aliphatic heterocycles. The van der Waals surface area contributed by atoms with E-state index in [-0.39, 0.29) is 69.8 Å². The van der Waals surface area contributed by atoms with Crippen LogP contribution in [0, 0.1) is 6.92 Å². The molecule has 0 unspecified atom stereocenters. The van der Waals surface area contributed by atoms with Crippen molar-refractivity contribution in [2.45, 2.75) is 11.8 Å². The molecule has 12 heteroatoms. The summed E-state index contributed by atoms with van der Waals surface area (Å²) in [4.78, 5) is -0.334. The van der Waals surface area contributed by atoms with Crippen LogP contribution in [0.25, 0.3) is 0 Å². The van der Waals surface area contributed by atoms with Gasteiger partial charge in [-0.1, -0.05) is 12.1 Å². The third kappa shape index (κ3) is 7.75. The monoisotopic (exact) mass is 470 g/mol. The number of hydrogen-bond acceptors (Lipinski definition) is 9.